The number of carbonyl (C=O) groups excluding carboxylic acids is 2. The zero-order valence-corrected chi connectivity index (χ0v) is 16.7. The van der Waals surface area contributed by atoms with Crippen LogP contribution in [0.4, 0.5) is 0 Å². The molecule has 0 aromatic heterocycles. The van der Waals surface area contributed by atoms with Gasteiger partial charge in [-0.25, -0.2) is 0 Å². The third kappa shape index (κ3) is 4.03. The molecule has 1 heterocycles. The van der Waals surface area contributed by atoms with Crippen molar-refractivity contribution < 1.29 is 19.8 Å². The second kappa shape index (κ2) is 8.92. The van der Waals surface area contributed by atoms with Gasteiger partial charge in [0.2, 0.25) is 0 Å². The Bertz CT molecular complexity index is 919. The minimum absolute atomic E-state index is 0.00208. The Morgan fingerprint density at radius 3 is 2.24 bits per heavy atom. The van der Waals surface area contributed by atoms with Gasteiger partial charge in [0, 0.05) is 13.1 Å². The van der Waals surface area contributed by atoms with Crippen molar-refractivity contribution in [2.24, 2.45) is 0 Å². The van der Waals surface area contributed by atoms with E-state index in [-0.39, 0.29) is 22.6 Å². The van der Waals surface area contributed by atoms with Crippen molar-refractivity contribution in [3.05, 3.63) is 71.3 Å². The summed E-state index contributed by atoms with van der Waals surface area (Å²) in [5.41, 5.74) is 0.876. The number of aliphatic hydroxyl groups excluding tert-OH is 1. The van der Waals surface area contributed by atoms with Crippen molar-refractivity contribution in [2.45, 2.75) is 19.9 Å². The van der Waals surface area contributed by atoms with Crippen LogP contribution >= 0.6 is 0 Å². The minimum atomic E-state index is -0.737. The van der Waals surface area contributed by atoms with Gasteiger partial charge in [-0.05, 0) is 30.8 Å². The lowest BCUT2D eigenvalue weighted by Crippen LogP contribution is -2.38. The Hall–Kier alpha value is -3.12. The van der Waals surface area contributed by atoms with Crippen molar-refractivity contribution in [1.29, 1.82) is 0 Å². The molecule has 0 radical (unpaired) electrons. The maximum atomic E-state index is 12.9. The predicted molar refractivity (Wildman–Crippen MR) is 111 cm³/mol. The molecule has 3 rings (SSSR count). The van der Waals surface area contributed by atoms with E-state index in [1.807, 2.05) is 44.2 Å². The number of likely N-dealkylation sites (N-methyl/N-ethyl adjacent to an activating group) is 1. The van der Waals surface area contributed by atoms with Gasteiger partial charge in [-0.15, -0.1) is 0 Å². The number of likely N-dealkylation sites (tertiary alicyclic amines) is 1. The molecule has 1 saturated heterocycles. The summed E-state index contributed by atoms with van der Waals surface area (Å²) in [6.45, 7) is 6.76. The summed E-state index contributed by atoms with van der Waals surface area (Å²) in [7, 11) is 0. The van der Waals surface area contributed by atoms with E-state index in [2.05, 4.69) is 4.90 Å². The number of nitrogens with zero attached hydrogens (tertiary/aromatic N) is 2. The third-order valence-corrected chi connectivity index (χ3v) is 5.37. The van der Waals surface area contributed by atoms with Gasteiger partial charge in [0.15, 0.2) is 0 Å². The van der Waals surface area contributed by atoms with Crippen LogP contribution in [0.3, 0.4) is 0 Å². The van der Waals surface area contributed by atoms with Crippen LogP contribution in [0.5, 0.6) is 5.75 Å². The molecule has 1 fully saturated rings. The molecule has 29 heavy (non-hydrogen) atoms. The molecule has 0 aliphatic carbocycles. The predicted octanol–water partition coefficient (Wildman–Crippen LogP) is 3.16. The van der Waals surface area contributed by atoms with Crippen molar-refractivity contribution >= 4 is 17.4 Å². The van der Waals surface area contributed by atoms with Gasteiger partial charge >= 0.3 is 0 Å². The number of carbonyl (C=O) groups is 2. The molecule has 1 aliphatic rings. The number of benzene rings is 2. The number of rotatable bonds is 7. The van der Waals surface area contributed by atoms with Gasteiger partial charge in [0.1, 0.15) is 11.5 Å². The molecule has 0 spiro atoms. The van der Waals surface area contributed by atoms with E-state index in [4.69, 9.17) is 0 Å². The molecule has 6 nitrogen and oxygen atoms in total. The molecule has 0 bridgehead atoms. The maximum absolute atomic E-state index is 12.9. The maximum Gasteiger partial charge on any atom is 0.295 e. The summed E-state index contributed by atoms with van der Waals surface area (Å²) in [4.78, 5) is 29.5. The van der Waals surface area contributed by atoms with Gasteiger partial charge in [0.25, 0.3) is 11.7 Å². The van der Waals surface area contributed by atoms with Crippen LogP contribution in [0.25, 0.3) is 5.76 Å². The number of aliphatic hydroxyl groups is 1. The molecule has 1 amide bonds. The summed E-state index contributed by atoms with van der Waals surface area (Å²) in [5.74, 6) is -1.88. The number of ketones is 1. The lowest BCUT2D eigenvalue weighted by atomic mass is 9.95. The quantitative estimate of drug-likeness (QED) is 0.428. The van der Waals surface area contributed by atoms with Crippen molar-refractivity contribution in [2.75, 3.05) is 26.2 Å². The largest absolute Gasteiger partial charge is 0.507 e. The van der Waals surface area contributed by atoms with Gasteiger partial charge < -0.3 is 20.0 Å². The average Bonchev–Trinajstić information content (AvgIpc) is 3.00. The van der Waals surface area contributed by atoms with Crippen LogP contribution in [0, 0.1) is 0 Å². The Morgan fingerprint density at radius 2 is 1.62 bits per heavy atom. The Balaban J connectivity index is 2.09. The lowest BCUT2D eigenvalue weighted by Gasteiger charge is -2.28. The monoisotopic (exact) mass is 394 g/mol. The highest BCUT2D eigenvalue weighted by molar-refractivity contribution is 6.46. The van der Waals surface area contributed by atoms with Crippen LogP contribution in [0.2, 0.25) is 0 Å². The first-order valence-electron chi connectivity index (χ1n) is 9.83. The van der Waals surface area contributed by atoms with Crippen LogP contribution in [-0.4, -0.2) is 57.9 Å². The molecule has 2 N–H and O–H groups in total. The van der Waals surface area contributed by atoms with Crippen molar-refractivity contribution in [3.8, 4) is 5.75 Å². The number of Topliss-reactive ketones (excluding diaryl/α,β-unsaturated/α-hetero) is 1. The number of hydrogen-bond donors (Lipinski definition) is 2. The Kier molecular flexibility index (Phi) is 6.34. The van der Waals surface area contributed by atoms with Gasteiger partial charge in [-0.3, -0.25) is 9.59 Å². The number of aromatic hydroxyl groups is 1. The fourth-order valence-corrected chi connectivity index (χ4v) is 3.70. The number of phenolic OH excluding ortho intramolecular Hbond substituents is 1. The SMILES string of the molecule is CCN(CC)CCN1C(=O)C(=O)C(=C(O)c2ccccc2O)C1c1ccccc1. The number of hydrogen-bond acceptors (Lipinski definition) is 5. The first-order valence-corrected chi connectivity index (χ1v) is 9.83. The highest BCUT2D eigenvalue weighted by atomic mass is 16.3. The lowest BCUT2D eigenvalue weighted by molar-refractivity contribution is -0.140. The zero-order chi connectivity index (χ0) is 21.0. The van der Waals surface area contributed by atoms with Gasteiger partial charge in [-0.2, -0.15) is 0 Å². The van der Waals surface area contributed by atoms with Crippen LogP contribution in [0.15, 0.2) is 60.2 Å². The third-order valence-electron chi connectivity index (χ3n) is 5.37. The van der Waals surface area contributed by atoms with E-state index >= 15 is 0 Å². The average molecular weight is 394 g/mol. The number of para-hydroxylation sites is 1. The minimum Gasteiger partial charge on any atom is -0.507 e. The number of amides is 1. The first-order chi connectivity index (χ1) is 14.0. The van der Waals surface area contributed by atoms with Crippen LogP contribution in [-0.2, 0) is 9.59 Å². The molecule has 6 heteroatoms. The molecule has 2 aromatic rings. The standard InChI is InChI=1S/C23H26N2O4/c1-3-24(4-2)14-15-25-20(16-10-6-5-7-11-16)19(22(28)23(25)29)21(27)17-12-8-9-13-18(17)26/h5-13,20,26-27H,3-4,14-15H2,1-2H3. The smallest absolute Gasteiger partial charge is 0.295 e. The Morgan fingerprint density at radius 1 is 1.00 bits per heavy atom. The fourth-order valence-electron chi connectivity index (χ4n) is 3.70. The van der Waals surface area contributed by atoms with E-state index in [9.17, 15) is 19.8 Å². The second-order valence-electron chi connectivity index (χ2n) is 6.95. The van der Waals surface area contributed by atoms with Crippen molar-refractivity contribution in [1.82, 2.24) is 9.80 Å². The topological polar surface area (TPSA) is 81.1 Å². The first kappa shape index (κ1) is 20.6. The number of phenols is 1. The molecule has 1 atom stereocenters. The van der Waals surface area contributed by atoms with Crippen LogP contribution in [0.1, 0.15) is 31.0 Å². The fraction of sp³-hybridized carbons (Fsp3) is 0.304. The van der Waals surface area contributed by atoms with E-state index in [1.165, 1.54) is 17.0 Å². The molecule has 0 saturated carbocycles. The van der Waals surface area contributed by atoms with E-state index in [0.717, 1.165) is 18.7 Å². The van der Waals surface area contributed by atoms with E-state index in [0.29, 0.717) is 13.1 Å². The molecule has 1 aliphatic heterocycles. The van der Waals surface area contributed by atoms with Crippen molar-refractivity contribution in [3.63, 3.8) is 0 Å². The summed E-state index contributed by atoms with van der Waals surface area (Å²) >= 11 is 0. The second-order valence-corrected chi connectivity index (χ2v) is 6.95. The molecule has 1 unspecified atom stereocenters. The highest BCUT2D eigenvalue weighted by Crippen LogP contribution is 2.40. The zero-order valence-electron chi connectivity index (χ0n) is 16.7. The molecular formula is C23H26N2O4. The molecular weight excluding hydrogens is 368 g/mol. The van der Waals surface area contributed by atoms with E-state index in [1.54, 1.807) is 12.1 Å². The Labute approximate surface area is 170 Å². The molecule has 152 valence electrons. The highest BCUT2D eigenvalue weighted by Gasteiger charge is 2.46. The normalized spacial score (nSPS) is 18.6. The summed E-state index contributed by atoms with van der Waals surface area (Å²) in [6, 6.07) is 14.7. The van der Waals surface area contributed by atoms with E-state index < -0.39 is 17.7 Å². The molecule has 2 aromatic carbocycles. The summed E-state index contributed by atoms with van der Waals surface area (Å²) in [5, 5.41) is 21.1. The van der Waals surface area contributed by atoms with Gasteiger partial charge in [-0.1, -0.05) is 56.3 Å². The van der Waals surface area contributed by atoms with Crippen LogP contribution < -0.4 is 0 Å². The summed E-state index contributed by atoms with van der Waals surface area (Å²) < 4.78 is 0. The van der Waals surface area contributed by atoms with Gasteiger partial charge in [0.05, 0.1) is 17.2 Å². The summed E-state index contributed by atoms with van der Waals surface area (Å²) in [6.07, 6.45) is 0.